The van der Waals surface area contributed by atoms with Gasteiger partial charge in [0.1, 0.15) is 0 Å². The Kier molecular flexibility index (Phi) is 4.11. The van der Waals surface area contributed by atoms with Gasteiger partial charge >= 0.3 is 5.97 Å². The van der Waals surface area contributed by atoms with Gasteiger partial charge in [0.05, 0.1) is 6.42 Å². The van der Waals surface area contributed by atoms with Gasteiger partial charge < -0.3 is 5.11 Å². The number of carboxylic acids is 1. The minimum absolute atomic E-state index is 0.0171. The summed E-state index contributed by atoms with van der Waals surface area (Å²) in [5.41, 5.74) is 1.02. The summed E-state index contributed by atoms with van der Waals surface area (Å²) in [6.45, 7) is 0. The van der Waals surface area contributed by atoms with E-state index in [1.807, 2.05) is 16.8 Å². The van der Waals surface area contributed by atoms with Crippen molar-refractivity contribution in [2.24, 2.45) is 0 Å². The second kappa shape index (κ2) is 5.14. The molecule has 0 saturated heterocycles. The van der Waals surface area contributed by atoms with Crippen LogP contribution in [-0.4, -0.2) is 21.0 Å². The molecule has 0 aliphatic carbocycles. The van der Waals surface area contributed by atoms with E-state index in [0.717, 1.165) is 5.56 Å². The molecule has 1 rings (SSSR count). The van der Waals surface area contributed by atoms with Crippen molar-refractivity contribution in [3.63, 3.8) is 0 Å². The van der Waals surface area contributed by atoms with Crippen LogP contribution in [0.2, 0.25) is 0 Å². The van der Waals surface area contributed by atoms with E-state index < -0.39 is 16.8 Å². The molecule has 0 aliphatic rings. The van der Waals surface area contributed by atoms with Crippen LogP contribution in [0.15, 0.2) is 16.8 Å². The molecular formula is C8H10O3S2. The molecular weight excluding hydrogens is 208 g/mol. The Balaban J connectivity index is 2.30. The molecule has 1 N–H and O–H groups in total. The molecule has 0 radical (unpaired) electrons. The van der Waals surface area contributed by atoms with Crippen LogP contribution in [-0.2, 0) is 21.3 Å². The average molecular weight is 218 g/mol. The smallest absolute Gasteiger partial charge is 0.304 e. The van der Waals surface area contributed by atoms with Gasteiger partial charge in [-0.3, -0.25) is 9.00 Å². The molecule has 1 heterocycles. The lowest BCUT2D eigenvalue weighted by Crippen LogP contribution is -2.05. The van der Waals surface area contributed by atoms with Crippen molar-refractivity contribution in [3.05, 3.63) is 22.4 Å². The molecule has 0 fully saturated rings. The first-order chi connectivity index (χ1) is 6.18. The van der Waals surface area contributed by atoms with Crippen molar-refractivity contribution >= 4 is 28.1 Å². The Morgan fingerprint density at radius 2 is 2.38 bits per heavy atom. The number of hydrogen-bond donors (Lipinski definition) is 1. The van der Waals surface area contributed by atoms with Gasteiger partial charge in [-0.25, -0.2) is 0 Å². The van der Waals surface area contributed by atoms with Crippen LogP contribution in [0.3, 0.4) is 0 Å². The Labute approximate surface area is 82.9 Å². The minimum atomic E-state index is -1.04. The van der Waals surface area contributed by atoms with Crippen LogP contribution in [0, 0.1) is 0 Å². The van der Waals surface area contributed by atoms with Crippen molar-refractivity contribution < 1.29 is 14.1 Å². The predicted octanol–water partition coefficient (Wildman–Crippen LogP) is 1.47. The largest absolute Gasteiger partial charge is 0.481 e. The van der Waals surface area contributed by atoms with Crippen LogP contribution < -0.4 is 0 Å². The summed E-state index contributed by atoms with van der Waals surface area (Å²) in [6.07, 6.45) is -0.0171. The van der Waals surface area contributed by atoms with Gasteiger partial charge in [0, 0.05) is 22.3 Å². The second-order valence-corrected chi connectivity index (χ2v) is 4.92. The lowest BCUT2D eigenvalue weighted by atomic mass is 10.4. The average Bonchev–Trinajstić information content (AvgIpc) is 2.53. The third-order valence-corrected chi connectivity index (χ3v) is 3.50. The Morgan fingerprint density at radius 3 is 2.92 bits per heavy atom. The molecule has 0 saturated carbocycles. The highest BCUT2D eigenvalue weighted by atomic mass is 32.2. The Bertz CT molecular complexity index is 292. The molecule has 1 unspecified atom stereocenters. The van der Waals surface area contributed by atoms with Crippen LogP contribution >= 0.6 is 11.3 Å². The molecule has 1 aromatic rings. The van der Waals surface area contributed by atoms with Crippen molar-refractivity contribution in [2.45, 2.75) is 12.2 Å². The first-order valence-corrected chi connectivity index (χ1v) is 6.19. The highest BCUT2D eigenvalue weighted by Gasteiger charge is 2.04. The van der Waals surface area contributed by atoms with Crippen molar-refractivity contribution in [3.8, 4) is 0 Å². The molecule has 1 atom stereocenters. The fourth-order valence-corrected chi connectivity index (χ4v) is 2.71. The van der Waals surface area contributed by atoms with E-state index in [1.54, 1.807) is 11.3 Å². The zero-order valence-corrected chi connectivity index (χ0v) is 8.57. The second-order valence-electron chi connectivity index (χ2n) is 2.56. The summed E-state index contributed by atoms with van der Waals surface area (Å²) in [5, 5.41) is 12.2. The lowest BCUT2D eigenvalue weighted by Gasteiger charge is -1.97. The summed E-state index contributed by atoms with van der Waals surface area (Å²) < 4.78 is 11.3. The van der Waals surface area contributed by atoms with E-state index in [4.69, 9.17) is 5.11 Å². The van der Waals surface area contributed by atoms with Crippen molar-refractivity contribution in [2.75, 3.05) is 5.75 Å². The van der Waals surface area contributed by atoms with Crippen LogP contribution in [0.25, 0.3) is 0 Å². The third kappa shape index (κ3) is 4.19. The van der Waals surface area contributed by atoms with E-state index in [0.29, 0.717) is 5.75 Å². The van der Waals surface area contributed by atoms with Crippen LogP contribution in [0.5, 0.6) is 0 Å². The normalized spacial score (nSPS) is 12.6. The Hall–Kier alpha value is -0.680. The zero-order chi connectivity index (χ0) is 9.68. The number of aliphatic carboxylic acids is 1. The number of carboxylic acid groups (broad SMARTS) is 1. The van der Waals surface area contributed by atoms with Gasteiger partial charge in [-0.05, 0) is 22.4 Å². The summed E-state index contributed by atoms with van der Waals surface area (Å²) in [6, 6.07) is 1.91. The molecule has 72 valence electrons. The Morgan fingerprint density at radius 1 is 1.62 bits per heavy atom. The van der Waals surface area contributed by atoms with Crippen molar-refractivity contribution in [1.29, 1.82) is 0 Å². The molecule has 0 aliphatic heterocycles. The van der Waals surface area contributed by atoms with E-state index >= 15 is 0 Å². The summed E-state index contributed by atoms with van der Waals surface area (Å²) in [4.78, 5) is 10.2. The lowest BCUT2D eigenvalue weighted by molar-refractivity contribution is -0.136. The molecule has 3 nitrogen and oxygen atoms in total. The van der Waals surface area contributed by atoms with E-state index in [1.165, 1.54) is 0 Å². The fraction of sp³-hybridized carbons (Fsp3) is 0.375. The van der Waals surface area contributed by atoms with Gasteiger partial charge in [0.15, 0.2) is 0 Å². The van der Waals surface area contributed by atoms with Crippen LogP contribution in [0.4, 0.5) is 0 Å². The highest BCUT2D eigenvalue weighted by Crippen LogP contribution is 2.08. The minimum Gasteiger partial charge on any atom is -0.481 e. The van der Waals surface area contributed by atoms with Gasteiger partial charge in [-0.1, -0.05) is 0 Å². The molecule has 0 amide bonds. The zero-order valence-electron chi connectivity index (χ0n) is 6.93. The number of carbonyl (C=O) groups is 1. The molecule has 1 aromatic heterocycles. The number of rotatable bonds is 5. The van der Waals surface area contributed by atoms with Crippen molar-refractivity contribution in [1.82, 2.24) is 0 Å². The van der Waals surface area contributed by atoms with Crippen LogP contribution in [0.1, 0.15) is 12.0 Å². The van der Waals surface area contributed by atoms with E-state index in [9.17, 15) is 9.00 Å². The highest BCUT2D eigenvalue weighted by molar-refractivity contribution is 7.84. The quantitative estimate of drug-likeness (QED) is 0.814. The first-order valence-electron chi connectivity index (χ1n) is 3.76. The molecule has 13 heavy (non-hydrogen) atoms. The summed E-state index contributed by atoms with van der Waals surface area (Å²) in [5.74, 6) is -0.180. The maximum absolute atomic E-state index is 11.3. The SMILES string of the molecule is O=C(O)CCS(=O)Cc1ccsc1. The predicted molar refractivity (Wildman–Crippen MR) is 53.3 cm³/mol. The standard InChI is InChI=1S/C8H10O3S2/c9-8(10)2-4-13(11)6-7-1-3-12-5-7/h1,3,5H,2,4,6H2,(H,9,10). The topological polar surface area (TPSA) is 54.4 Å². The maximum atomic E-state index is 11.3. The van der Waals surface area contributed by atoms with E-state index in [-0.39, 0.29) is 12.2 Å². The molecule has 0 spiro atoms. The van der Waals surface area contributed by atoms with Gasteiger partial charge in [0.2, 0.25) is 0 Å². The maximum Gasteiger partial charge on any atom is 0.304 e. The van der Waals surface area contributed by atoms with Gasteiger partial charge in [-0.2, -0.15) is 11.3 Å². The van der Waals surface area contributed by atoms with Gasteiger partial charge in [-0.15, -0.1) is 0 Å². The summed E-state index contributed by atoms with van der Waals surface area (Å²) >= 11 is 1.56. The van der Waals surface area contributed by atoms with Gasteiger partial charge in [0.25, 0.3) is 0 Å². The number of hydrogen-bond acceptors (Lipinski definition) is 3. The summed E-state index contributed by atoms with van der Waals surface area (Å²) in [7, 11) is -1.04. The molecule has 0 aromatic carbocycles. The first kappa shape index (κ1) is 10.4. The van der Waals surface area contributed by atoms with E-state index in [2.05, 4.69) is 0 Å². The molecule has 5 heteroatoms. The fourth-order valence-electron chi connectivity index (χ4n) is 0.834. The molecule has 0 bridgehead atoms. The number of thiophene rings is 1. The monoisotopic (exact) mass is 218 g/mol. The third-order valence-electron chi connectivity index (χ3n) is 1.45.